The van der Waals surface area contributed by atoms with Crippen LogP contribution in [0.5, 0.6) is 0 Å². The molecule has 18 heavy (non-hydrogen) atoms. The Labute approximate surface area is 105 Å². The lowest BCUT2D eigenvalue weighted by Gasteiger charge is -1.99. The second-order valence-electron chi connectivity index (χ2n) is 4.54. The van der Waals surface area contributed by atoms with Crippen LogP contribution in [0.1, 0.15) is 11.5 Å². The topological polar surface area (TPSA) is 57.0 Å². The van der Waals surface area contributed by atoms with Gasteiger partial charge in [0.2, 0.25) is 0 Å². The van der Waals surface area contributed by atoms with Crippen LogP contribution in [0.25, 0.3) is 22.2 Å². The second-order valence-corrected chi connectivity index (χ2v) is 4.54. The maximum atomic E-state index is 6.04. The molecule has 0 aliphatic heterocycles. The van der Waals surface area contributed by atoms with E-state index in [4.69, 9.17) is 10.3 Å². The monoisotopic (exact) mass is 241 g/mol. The number of hydrogen-bond acceptors (Lipinski definition) is 3. The van der Waals surface area contributed by atoms with Crippen LogP contribution in [-0.2, 0) is 7.05 Å². The fourth-order valence-electron chi connectivity index (χ4n) is 2.38. The van der Waals surface area contributed by atoms with Gasteiger partial charge in [0.15, 0.2) is 5.76 Å². The molecule has 0 amide bonds. The van der Waals surface area contributed by atoms with Crippen molar-refractivity contribution >= 4 is 16.6 Å². The summed E-state index contributed by atoms with van der Waals surface area (Å²) >= 11 is 0. The minimum atomic E-state index is 0.620. The van der Waals surface area contributed by atoms with E-state index in [1.54, 1.807) is 0 Å². The number of nitrogen functional groups attached to an aromatic ring is 1. The number of rotatable bonds is 1. The Bertz CT molecular complexity index is 737. The van der Waals surface area contributed by atoms with Gasteiger partial charge in [0, 0.05) is 29.2 Å². The van der Waals surface area contributed by atoms with Crippen LogP contribution in [-0.4, -0.2) is 9.72 Å². The Kier molecular flexibility index (Phi) is 2.20. The summed E-state index contributed by atoms with van der Waals surface area (Å²) in [5.74, 6) is 0.664. The number of hydrogen-bond donors (Lipinski definition) is 1. The predicted molar refractivity (Wildman–Crippen MR) is 72.3 cm³/mol. The third-order valence-corrected chi connectivity index (χ3v) is 3.54. The van der Waals surface area contributed by atoms with E-state index in [0.717, 1.165) is 22.3 Å². The lowest BCUT2D eigenvalue weighted by atomic mass is 10.1. The fourth-order valence-corrected chi connectivity index (χ4v) is 2.38. The van der Waals surface area contributed by atoms with Crippen LogP contribution in [0.3, 0.4) is 0 Å². The van der Waals surface area contributed by atoms with Gasteiger partial charge in [-0.05, 0) is 19.9 Å². The Morgan fingerprint density at radius 3 is 2.61 bits per heavy atom. The summed E-state index contributed by atoms with van der Waals surface area (Å²) in [6, 6.07) is 8.23. The normalized spacial score (nSPS) is 11.3. The quantitative estimate of drug-likeness (QED) is 0.712. The highest BCUT2D eigenvalue weighted by Crippen LogP contribution is 2.36. The van der Waals surface area contributed by atoms with E-state index in [1.165, 1.54) is 5.52 Å². The molecule has 0 fully saturated rings. The molecule has 2 N–H and O–H groups in total. The highest BCUT2D eigenvalue weighted by Gasteiger charge is 2.19. The van der Waals surface area contributed by atoms with Gasteiger partial charge in [-0.2, -0.15) is 0 Å². The van der Waals surface area contributed by atoms with E-state index in [9.17, 15) is 0 Å². The van der Waals surface area contributed by atoms with Crippen LogP contribution < -0.4 is 5.73 Å². The molecule has 0 radical (unpaired) electrons. The predicted octanol–water partition coefficient (Wildman–Crippen LogP) is 3.03. The molecule has 92 valence electrons. The van der Waals surface area contributed by atoms with Crippen LogP contribution in [0, 0.1) is 13.8 Å². The Balaban J connectivity index is 2.42. The summed E-state index contributed by atoms with van der Waals surface area (Å²) in [5, 5.41) is 5.25. The van der Waals surface area contributed by atoms with Crippen molar-refractivity contribution in [2.45, 2.75) is 13.8 Å². The first kappa shape index (κ1) is 10.9. The van der Waals surface area contributed by atoms with Crippen molar-refractivity contribution in [1.29, 1.82) is 0 Å². The van der Waals surface area contributed by atoms with Crippen molar-refractivity contribution in [1.82, 2.24) is 9.72 Å². The number of nitrogens with zero attached hydrogens (tertiary/aromatic N) is 2. The van der Waals surface area contributed by atoms with Crippen molar-refractivity contribution in [2.75, 3.05) is 5.73 Å². The van der Waals surface area contributed by atoms with Gasteiger partial charge in [0.05, 0.1) is 0 Å². The molecule has 1 aromatic carbocycles. The maximum absolute atomic E-state index is 6.04. The Hall–Kier alpha value is -2.23. The number of nitrogens with two attached hydrogens (primary N) is 1. The highest BCUT2D eigenvalue weighted by molar-refractivity contribution is 5.99. The molecule has 4 nitrogen and oxygen atoms in total. The Morgan fingerprint density at radius 1 is 1.22 bits per heavy atom. The lowest BCUT2D eigenvalue weighted by Crippen LogP contribution is -1.92. The molecule has 2 heterocycles. The molecule has 4 heteroatoms. The number of anilines is 1. The van der Waals surface area contributed by atoms with Crippen LogP contribution >= 0.6 is 0 Å². The molecule has 0 aliphatic carbocycles. The standard InChI is InChI=1S/C14H15N3O/c1-8-12(14-13(15)9(2)18-16-14)10-6-4-5-7-11(10)17(8)3/h4-7H,15H2,1-3H3. The molecule has 0 bridgehead atoms. The zero-order chi connectivity index (χ0) is 12.9. The van der Waals surface area contributed by atoms with Crippen LogP contribution in [0.2, 0.25) is 0 Å². The SMILES string of the molecule is Cc1onc(-c2c(C)n(C)c3ccccc23)c1N. The largest absolute Gasteiger partial charge is 0.394 e. The molecule has 0 saturated carbocycles. The first-order valence-corrected chi connectivity index (χ1v) is 5.87. The van der Waals surface area contributed by atoms with E-state index in [0.29, 0.717) is 11.4 Å². The minimum absolute atomic E-state index is 0.620. The van der Waals surface area contributed by atoms with E-state index >= 15 is 0 Å². The molecular formula is C14H15N3O. The number of aryl methyl sites for hydroxylation is 2. The van der Waals surface area contributed by atoms with Gasteiger partial charge in [-0.25, -0.2) is 0 Å². The van der Waals surface area contributed by atoms with Gasteiger partial charge in [0.1, 0.15) is 11.4 Å². The minimum Gasteiger partial charge on any atom is -0.394 e. The highest BCUT2D eigenvalue weighted by atomic mass is 16.5. The van der Waals surface area contributed by atoms with Crippen LogP contribution in [0.15, 0.2) is 28.8 Å². The summed E-state index contributed by atoms with van der Waals surface area (Å²) in [6.45, 7) is 3.89. The second kappa shape index (κ2) is 3.63. The summed E-state index contributed by atoms with van der Waals surface area (Å²) in [4.78, 5) is 0. The molecular weight excluding hydrogens is 226 g/mol. The van der Waals surface area contributed by atoms with Crippen molar-refractivity contribution in [3.63, 3.8) is 0 Å². The molecule has 0 unspecified atom stereocenters. The van der Waals surface area contributed by atoms with Crippen molar-refractivity contribution < 1.29 is 4.52 Å². The average Bonchev–Trinajstić information content (AvgIpc) is 2.82. The zero-order valence-corrected chi connectivity index (χ0v) is 10.7. The lowest BCUT2D eigenvalue weighted by molar-refractivity contribution is 0.400. The van der Waals surface area contributed by atoms with Crippen molar-refractivity contribution in [2.24, 2.45) is 7.05 Å². The van der Waals surface area contributed by atoms with Gasteiger partial charge >= 0.3 is 0 Å². The summed E-state index contributed by atoms with van der Waals surface area (Å²) in [5.41, 5.74) is 10.8. The van der Waals surface area contributed by atoms with Gasteiger partial charge < -0.3 is 14.8 Å². The fraction of sp³-hybridized carbons (Fsp3) is 0.214. The molecule has 3 rings (SSSR count). The van der Waals surface area contributed by atoms with E-state index in [1.807, 2.05) is 26.1 Å². The number of aromatic nitrogens is 2. The average molecular weight is 241 g/mol. The summed E-state index contributed by atoms with van der Waals surface area (Å²) < 4.78 is 7.33. The Morgan fingerprint density at radius 2 is 1.94 bits per heavy atom. The van der Waals surface area contributed by atoms with Gasteiger partial charge in [-0.1, -0.05) is 23.4 Å². The van der Waals surface area contributed by atoms with Crippen LogP contribution in [0.4, 0.5) is 5.69 Å². The summed E-state index contributed by atoms with van der Waals surface area (Å²) in [7, 11) is 2.05. The van der Waals surface area contributed by atoms with Gasteiger partial charge in [-0.3, -0.25) is 0 Å². The number of fused-ring (bicyclic) bond motifs is 1. The number of para-hydroxylation sites is 1. The molecule has 0 saturated heterocycles. The molecule has 3 aromatic rings. The third-order valence-electron chi connectivity index (χ3n) is 3.54. The first-order valence-electron chi connectivity index (χ1n) is 5.87. The van der Waals surface area contributed by atoms with Crippen molar-refractivity contribution in [3.8, 4) is 11.3 Å². The van der Waals surface area contributed by atoms with Gasteiger partial charge in [0.25, 0.3) is 0 Å². The van der Waals surface area contributed by atoms with E-state index < -0.39 is 0 Å². The van der Waals surface area contributed by atoms with E-state index in [2.05, 4.69) is 28.8 Å². The summed E-state index contributed by atoms with van der Waals surface area (Å²) in [6.07, 6.45) is 0. The smallest absolute Gasteiger partial charge is 0.157 e. The molecule has 0 aliphatic rings. The van der Waals surface area contributed by atoms with Crippen molar-refractivity contribution in [3.05, 3.63) is 35.7 Å². The zero-order valence-electron chi connectivity index (χ0n) is 10.7. The molecule has 0 atom stereocenters. The van der Waals surface area contributed by atoms with E-state index in [-0.39, 0.29) is 0 Å². The van der Waals surface area contributed by atoms with Gasteiger partial charge in [-0.15, -0.1) is 0 Å². The maximum Gasteiger partial charge on any atom is 0.157 e. The first-order chi connectivity index (χ1) is 8.61. The number of benzene rings is 1. The third kappa shape index (κ3) is 1.29. The molecule has 0 spiro atoms. The molecule has 2 aromatic heterocycles.